The fourth-order valence-corrected chi connectivity index (χ4v) is 2.33. The molecule has 0 unspecified atom stereocenters. The lowest BCUT2D eigenvalue weighted by Crippen LogP contribution is -2.15. The number of anilines is 1. The van der Waals surface area contributed by atoms with Crippen LogP contribution in [0.1, 0.15) is 10.4 Å². The Morgan fingerprint density at radius 1 is 1.00 bits per heavy atom. The number of rotatable bonds is 3. The van der Waals surface area contributed by atoms with Gasteiger partial charge in [0.2, 0.25) is 0 Å². The van der Waals surface area contributed by atoms with Gasteiger partial charge < -0.3 is 5.32 Å². The summed E-state index contributed by atoms with van der Waals surface area (Å²) in [4.78, 5) is 12.3. The van der Waals surface area contributed by atoms with E-state index in [4.69, 9.17) is 0 Å². The second-order valence-corrected chi connectivity index (χ2v) is 5.26. The zero-order valence-corrected chi connectivity index (χ0v) is 12.6. The number of nitrogens with one attached hydrogen (secondary N) is 1. The minimum atomic E-state index is -0.172. The SMILES string of the molecule is O=C(Nc1c(Br)cnn1-c1ccccc1)c1ccccc1. The molecule has 0 spiro atoms. The summed E-state index contributed by atoms with van der Waals surface area (Å²) >= 11 is 3.42. The third kappa shape index (κ3) is 2.87. The standard InChI is InChI=1S/C16H12BrN3O/c17-14-11-18-20(13-9-5-2-6-10-13)15(14)19-16(21)12-7-3-1-4-8-12/h1-11H,(H,19,21). The Bertz CT molecular complexity index is 754. The van der Waals surface area contributed by atoms with Crippen LogP contribution in [0.5, 0.6) is 0 Å². The summed E-state index contributed by atoms with van der Waals surface area (Å²) < 4.78 is 2.42. The van der Waals surface area contributed by atoms with E-state index in [1.54, 1.807) is 23.0 Å². The van der Waals surface area contributed by atoms with Crippen molar-refractivity contribution in [2.45, 2.75) is 0 Å². The monoisotopic (exact) mass is 341 g/mol. The number of nitrogens with zero attached hydrogens (tertiary/aromatic N) is 2. The normalized spacial score (nSPS) is 10.3. The van der Waals surface area contributed by atoms with Crippen molar-refractivity contribution >= 4 is 27.7 Å². The first-order valence-corrected chi connectivity index (χ1v) is 7.20. The van der Waals surface area contributed by atoms with Crippen LogP contribution in [0.3, 0.4) is 0 Å². The average Bonchev–Trinajstić information content (AvgIpc) is 2.90. The highest BCUT2D eigenvalue weighted by atomic mass is 79.9. The molecule has 3 rings (SSSR count). The number of benzene rings is 2. The summed E-state index contributed by atoms with van der Waals surface area (Å²) in [6.45, 7) is 0. The number of halogens is 1. The number of amides is 1. The van der Waals surface area contributed by atoms with Crippen molar-refractivity contribution < 1.29 is 4.79 Å². The highest BCUT2D eigenvalue weighted by molar-refractivity contribution is 9.10. The smallest absolute Gasteiger partial charge is 0.256 e. The van der Waals surface area contributed by atoms with E-state index in [1.807, 2.05) is 48.5 Å². The summed E-state index contributed by atoms with van der Waals surface area (Å²) in [7, 11) is 0. The quantitative estimate of drug-likeness (QED) is 0.785. The molecule has 2 aromatic carbocycles. The van der Waals surface area contributed by atoms with Crippen LogP contribution in [0, 0.1) is 0 Å². The molecule has 4 nitrogen and oxygen atoms in total. The Labute approximate surface area is 130 Å². The molecular formula is C16H12BrN3O. The molecule has 1 aromatic heterocycles. The third-order valence-electron chi connectivity index (χ3n) is 2.99. The molecule has 5 heteroatoms. The van der Waals surface area contributed by atoms with Gasteiger partial charge in [-0.15, -0.1) is 0 Å². The largest absolute Gasteiger partial charge is 0.306 e. The molecule has 0 aliphatic rings. The number of carbonyl (C=O) groups excluding carboxylic acids is 1. The Kier molecular flexibility index (Phi) is 3.83. The Morgan fingerprint density at radius 2 is 1.62 bits per heavy atom. The van der Waals surface area contributed by atoms with Crippen LogP contribution in [-0.2, 0) is 0 Å². The second-order valence-electron chi connectivity index (χ2n) is 4.41. The van der Waals surface area contributed by atoms with E-state index < -0.39 is 0 Å². The van der Waals surface area contributed by atoms with Gasteiger partial charge in [0.1, 0.15) is 0 Å². The number of hydrogen-bond acceptors (Lipinski definition) is 2. The molecule has 104 valence electrons. The zero-order chi connectivity index (χ0) is 14.7. The molecule has 0 aliphatic heterocycles. The first kappa shape index (κ1) is 13.6. The number of hydrogen-bond donors (Lipinski definition) is 1. The fraction of sp³-hybridized carbons (Fsp3) is 0. The van der Waals surface area contributed by atoms with Gasteiger partial charge in [-0.2, -0.15) is 5.10 Å². The highest BCUT2D eigenvalue weighted by Crippen LogP contribution is 2.25. The Morgan fingerprint density at radius 3 is 2.29 bits per heavy atom. The first-order chi connectivity index (χ1) is 10.3. The summed E-state index contributed by atoms with van der Waals surface area (Å²) in [5.74, 6) is 0.434. The van der Waals surface area contributed by atoms with E-state index in [1.165, 1.54) is 0 Å². The van der Waals surface area contributed by atoms with Gasteiger partial charge in [0, 0.05) is 5.56 Å². The molecular weight excluding hydrogens is 330 g/mol. The van der Waals surface area contributed by atoms with Crippen molar-refractivity contribution in [3.05, 3.63) is 76.9 Å². The lowest BCUT2D eigenvalue weighted by atomic mass is 10.2. The maximum Gasteiger partial charge on any atom is 0.256 e. The van der Waals surface area contributed by atoms with E-state index >= 15 is 0 Å². The summed E-state index contributed by atoms with van der Waals surface area (Å²) in [5.41, 5.74) is 1.48. The molecule has 0 atom stereocenters. The van der Waals surface area contributed by atoms with Gasteiger partial charge in [-0.25, -0.2) is 4.68 Å². The summed E-state index contributed by atoms with van der Waals surface area (Å²) in [5, 5.41) is 7.18. The van der Waals surface area contributed by atoms with Gasteiger partial charge in [-0.05, 0) is 40.2 Å². The molecule has 0 saturated heterocycles. The maximum absolute atomic E-state index is 12.3. The molecule has 0 aliphatic carbocycles. The van der Waals surface area contributed by atoms with Crippen molar-refractivity contribution in [2.75, 3.05) is 5.32 Å². The van der Waals surface area contributed by atoms with Crippen LogP contribution in [0.2, 0.25) is 0 Å². The number of carbonyl (C=O) groups is 1. The van der Waals surface area contributed by atoms with E-state index in [2.05, 4.69) is 26.3 Å². The Hall–Kier alpha value is -2.40. The van der Waals surface area contributed by atoms with E-state index in [0.717, 1.165) is 10.2 Å². The summed E-state index contributed by atoms with van der Waals surface area (Å²) in [6.07, 6.45) is 1.66. The molecule has 21 heavy (non-hydrogen) atoms. The van der Waals surface area contributed by atoms with Crippen LogP contribution >= 0.6 is 15.9 Å². The predicted octanol–water partition coefficient (Wildman–Crippen LogP) is 3.89. The van der Waals surface area contributed by atoms with Gasteiger partial charge >= 0.3 is 0 Å². The van der Waals surface area contributed by atoms with E-state index in [0.29, 0.717) is 11.4 Å². The van der Waals surface area contributed by atoms with Gasteiger partial charge in [0.15, 0.2) is 5.82 Å². The van der Waals surface area contributed by atoms with Crippen LogP contribution in [0.25, 0.3) is 5.69 Å². The molecule has 0 fully saturated rings. The molecule has 1 amide bonds. The van der Waals surface area contributed by atoms with Crippen LogP contribution in [0.15, 0.2) is 71.3 Å². The van der Waals surface area contributed by atoms with Gasteiger partial charge in [-0.3, -0.25) is 4.79 Å². The third-order valence-corrected chi connectivity index (χ3v) is 3.57. The van der Waals surface area contributed by atoms with Gasteiger partial charge in [0.25, 0.3) is 5.91 Å². The highest BCUT2D eigenvalue weighted by Gasteiger charge is 2.14. The molecule has 0 saturated carbocycles. The van der Waals surface area contributed by atoms with Crippen LogP contribution in [-0.4, -0.2) is 15.7 Å². The average molecular weight is 342 g/mol. The fourth-order valence-electron chi connectivity index (χ4n) is 1.98. The van der Waals surface area contributed by atoms with Crippen molar-refractivity contribution in [3.63, 3.8) is 0 Å². The lowest BCUT2D eigenvalue weighted by Gasteiger charge is -2.09. The number of para-hydroxylation sites is 1. The van der Waals surface area contributed by atoms with Crippen LogP contribution in [0.4, 0.5) is 5.82 Å². The molecule has 0 bridgehead atoms. The predicted molar refractivity (Wildman–Crippen MR) is 85.7 cm³/mol. The van der Waals surface area contributed by atoms with Crippen molar-refractivity contribution in [2.24, 2.45) is 0 Å². The minimum absolute atomic E-state index is 0.172. The molecule has 0 radical (unpaired) electrons. The second kappa shape index (κ2) is 5.93. The lowest BCUT2D eigenvalue weighted by molar-refractivity contribution is 0.102. The topological polar surface area (TPSA) is 46.9 Å². The summed E-state index contributed by atoms with van der Waals surface area (Å²) in [6, 6.07) is 18.7. The zero-order valence-electron chi connectivity index (χ0n) is 11.0. The first-order valence-electron chi connectivity index (χ1n) is 6.41. The van der Waals surface area contributed by atoms with E-state index in [-0.39, 0.29) is 5.91 Å². The van der Waals surface area contributed by atoms with Gasteiger partial charge in [0.05, 0.1) is 16.4 Å². The Balaban J connectivity index is 1.93. The molecule has 3 aromatic rings. The van der Waals surface area contributed by atoms with Crippen molar-refractivity contribution in [1.29, 1.82) is 0 Å². The number of aromatic nitrogens is 2. The van der Waals surface area contributed by atoms with Crippen LogP contribution < -0.4 is 5.32 Å². The molecule has 1 heterocycles. The van der Waals surface area contributed by atoms with Gasteiger partial charge in [-0.1, -0.05) is 36.4 Å². The van der Waals surface area contributed by atoms with Crippen molar-refractivity contribution in [3.8, 4) is 5.69 Å². The van der Waals surface area contributed by atoms with Crippen molar-refractivity contribution in [1.82, 2.24) is 9.78 Å². The minimum Gasteiger partial charge on any atom is -0.306 e. The van der Waals surface area contributed by atoms with E-state index in [9.17, 15) is 4.79 Å². The molecule has 1 N–H and O–H groups in total. The maximum atomic E-state index is 12.3.